The minimum atomic E-state index is -1.91. The molecule has 3 N–H and O–H groups in total. The van der Waals surface area contributed by atoms with E-state index in [9.17, 15) is 24.4 Å². The van der Waals surface area contributed by atoms with Crippen LogP contribution in [0.5, 0.6) is 11.5 Å². The summed E-state index contributed by atoms with van der Waals surface area (Å²) in [5, 5.41) is 19.3. The molecule has 0 unspecified atom stereocenters. The van der Waals surface area contributed by atoms with Gasteiger partial charge in [0.2, 0.25) is 17.7 Å². The molecule has 4 bridgehead atoms. The molecule has 0 spiro atoms. The molecular weight excluding hydrogens is 823 g/mol. The van der Waals surface area contributed by atoms with Crippen LogP contribution in [-0.2, 0) is 50.8 Å². The van der Waals surface area contributed by atoms with E-state index in [-0.39, 0.29) is 60.8 Å². The Labute approximate surface area is 378 Å². The smallest absolute Gasteiger partial charge is 0.408 e. The van der Waals surface area contributed by atoms with Crippen molar-refractivity contribution in [2.75, 3.05) is 0 Å². The van der Waals surface area contributed by atoms with Gasteiger partial charge in [-0.2, -0.15) is 5.26 Å². The number of benzene rings is 5. The first-order valence-electron chi connectivity index (χ1n) is 21.5. The number of hydrogen-bond donors (Lipinski definition) is 3. The minimum absolute atomic E-state index is 0.00390. The lowest BCUT2D eigenvalue weighted by atomic mass is 9.71. The molecule has 1 aliphatic rings. The second-order valence-electron chi connectivity index (χ2n) is 16.6. The highest BCUT2D eigenvalue weighted by Crippen LogP contribution is 2.48. The number of alkyl carbamates (subject to hydrolysis) is 1. The van der Waals surface area contributed by atoms with Crippen LogP contribution in [0, 0.1) is 23.2 Å². The third kappa shape index (κ3) is 10.4. The average molecular weight is 874 g/mol. The molecule has 6 aromatic rings. The number of ether oxygens (including phenoxy) is 3. The highest BCUT2D eigenvalue weighted by Gasteiger charge is 2.48. The number of rotatable bonds is 15. The Morgan fingerprint density at radius 3 is 1.95 bits per heavy atom. The standard InChI is InChI=1S/C52H51N5O8/c1-33(2)45(57-51(61)64-31-37-20-12-7-13-21-37)49(60)54-41-27-38-24-25-44(63-30-36-18-10-6-11-19-36)40(26-38)52(32-58,39-22-14-15-23-43(39)62-29-35-16-8-5-9-17-35)47-42(28-53)55-50(65-47)46(34(3)4)56-48(41)59/h5-26,32-34,41,45-46H,27,29-31H2,1-4H3,(H,54,60)(H,56,59)(H,57,61)/t41-,45-,46-,52-/m0/s1. The molecule has 13 nitrogen and oxygen atoms in total. The second-order valence-corrected chi connectivity index (χ2v) is 16.6. The van der Waals surface area contributed by atoms with Crippen molar-refractivity contribution in [2.24, 2.45) is 11.8 Å². The predicted molar refractivity (Wildman–Crippen MR) is 241 cm³/mol. The lowest BCUT2D eigenvalue weighted by Crippen LogP contribution is -2.56. The van der Waals surface area contributed by atoms with Gasteiger partial charge in [0.1, 0.15) is 67.2 Å². The third-order valence-electron chi connectivity index (χ3n) is 11.3. The summed E-state index contributed by atoms with van der Waals surface area (Å²) in [4.78, 5) is 60.9. The van der Waals surface area contributed by atoms with Gasteiger partial charge in [-0.25, -0.2) is 9.78 Å². The zero-order chi connectivity index (χ0) is 45.9. The quantitative estimate of drug-likeness (QED) is 0.0855. The number of amides is 3. The number of nitrogens with zero attached hydrogens (tertiary/aromatic N) is 2. The first-order valence-corrected chi connectivity index (χ1v) is 21.5. The van der Waals surface area contributed by atoms with Crippen LogP contribution in [0.2, 0.25) is 0 Å². The van der Waals surface area contributed by atoms with Crippen LogP contribution in [0.15, 0.2) is 138 Å². The number of aromatic nitrogens is 1. The molecule has 0 radical (unpaired) electrons. The highest BCUT2D eigenvalue weighted by molar-refractivity contribution is 5.92. The number of para-hydroxylation sites is 1. The fourth-order valence-corrected chi connectivity index (χ4v) is 7.81. The summed E-state index contributed by atoms with van der Waals surface area (Å²) in [6.45, 7) is 7.51. The molecule has 7 rings (SSSR count). The van der Waals surface area contributed by atoms with Gasteiger partial charge in [0.25, 0.3) is 0 Å². The molecule has 0 aliphatic carbocycles. The fraction of sp³-hybridized carbons (Fsp3) is 0.269. The molecule has 332 valence electrons. The van der Waals surface area contributed by atoms with Gasteiger partial charge in [0.05, 0.1) is 0 Å². The number of aldehydes is 1. The summed E-state index contributed by atoms with van der Waals surface area (Å²) in [7, 11) is 0. The summed E-state index contributed by atoms with van der Waals surface area (Å²) >= 11 is 0. The van der Waals surface area contributed by atoms with Crippen molar-refractivity contribution in [3.8, 4) is 17.6 Å². The van der Waals surface area contributed by atoms with E-state index in [1.54, 1.807) is 56.3 Å². The zero-order valence-corrected chi connectivity index (χ0v) is 36.7. The van der Waals surface area contributed by atoms with Gasteiger partial charge in [-0.3, -0.25) is 9.59 Å². The second kappa shape index (κ2) is 20.6. The fourth-order valence-electron chi connectivity index (χ4n) is 7.81. The summed E-state index contributed by atoms with van der Waals surface area (Å²) in [5.41, 5.74) is 1.58. The average Bonchev–Trinajstić information content (AvgIpc) is 3.76. The molecule has 1 aromatic heterocycles. The number of carbonyl (C=O) groups is 4. The number of nitriles is 1. The van der Waals surface area contributed by atoms with E-state index in [2.05, 4.69) is 27.0 Å². The van der Waals surface area contributed by atoms with Gasteiger partial charge in [-0.05, 0) is 46.2 Å². The topological polar surface area (TPSA) is 182 Å². The van der Waals surface area contributed by atoms with Crippen molar-refractivity contribution in [2.45, 2.75) is 77.5 Å². The normalized spacial score (nSPS) is 17.3. The van der Waals surface area contributed by atoms with E-state index >= 15 is 0 Å². The Morgan fingerprint density at radius 1 is 0.815 bits per heavy atom. The van der Waals surface area contributed by atoms with Crippen LogP contribution in [0.4, 0.5) is 4.79 Å². The van der Waals surface area contributed by atoms with Crippen molar-refractivity contribution in [3.63, 3.8) is 0 Å². The Balaban J connectivity index is 1.35. The molecule has 0 saturated carbocycles. The van der Waals surface area contributed by atoms with Crippen LogP contribution in [-0.4, -0.2) is 41.3 Å². The van der Waals surface area contributed by atoms with Crippen molar-refractivity contribution >= 4 is 24.2 Å². The molecule has 1 aliphatic heterocycles. The van der Waals surface area contributed by atoms with Crippen molar-refractivity contribution in [1.82, 2.24) is 20.9 Å². The first-order chi connectivity index (χ1) is 31.5. The summed E-state index contributed by atoms with van der Waals surface area (Å²) in [5.74, 6) is -1.44. The monoisotopic (exact) mass is 873 g/mol. The molecule has 5 aromatic carbocycles. The van der Waals surface area contributed by atoms with Crippen LogP contribution >= 0.6 is 0 Å². The molecule has 13 heteroatoms. The van der Waals surface area contributed by atoms with Crippen LogP contribution in [0.3, 0.4) is 0 Å². The van der Waals surface area contributed by atoms with Crippen molar-refractivity contribution in [1.29, 1.82) is 5.26 Å². The van der Waals surface area contributed by atoms with Crippen molar-refractivity contribution in [3.05, 3.63) is 184 Å². The molecule has 3 amide bonds. The van der Waals surface area contributed by atoms with Gasteiger partial charge in [0.15, 0.2) is 11.5 Å². The molecule has 0 fully saturated rings. The van der Waals surface area contributed by atoms with Gasteiger partial charge in [-0.1, -0.05) is 149 Å². The molecule has 4 atom stereocenters. The largest absolute Gasteiger partial charge is 0.489 e. The minimum Gasteiger partial charge on any atom is -0.489 e. The van der Waals surface area contributed by atoms with Crippen LogP contribution in [0.25, 0.3) is 0 Å². The lowest BCUT2D eigenvalue weighted by Gasteiger charge is -2.32. The Kier molecular flexibility index (Phi) is 14.4. The molecule has 65 heavy (non-hydrogen) atoms. The summed E-state index contributed by atoms with van der Waals surface area (Å²) < 4.78 is 25.1. The summed E-state index contributed by atoms with van der Waals surface area (Å²) in [6.07, 6.45) is -0.148. The van der Waals surface area contributed by atoms with E-state index < -0.39 is 47.4 Å². The van der Waals surface area contributed by atoms with E-state index in [1.807, 2.05) is 105 Å². The van der Waals surface area contributed by atoms with Gasteiger partial charge in [0, 0.05) is 17.5 Å². The first kappa shape index (κ1) is 45.3. The van der Waals surface area contributed by atoms with Gasteiger partial charge >= 0.3 is 6.09 Å². The zero-order valence-electron chi connectivity index (χ0n) is 36.7. The van der Waals surface area contributed by atoms with E-state index in [4.69, 9.17) is 18.6 Å². The Hall–Kier alpha value is -7.72. The Morgan fingerprint density at radius 2 is 1.38 bits per heavy atom. The number of nitrogens with one attached hydrogen (secondary N) is 3. The molecule has 2 heterocycles. The number of carbonyl (C=O) groups excluding carboxylic acids is 4. The predicted octanol–water partition coefficient (Wildman–Crippen LogP) is 8.04. The van der Waals surface area contributed by atoms with E-state index in [0.29, 0.717) is 23.2 Å². The maximum absolute atomic E-state index is 14.5. The maximum atomic E-state index is 14.5. The highest BCUT2D eigenvalue weighted by atomic mass is 16.5. The number of oxazole rings is 1. The third-order valence-corrected chi connectivity index (χ3v) is 11.3. The van der Waals surface area contributed by atoms with E-state index in [0.717, 1.165) is 16.7 Å². The SMILES string of the molecule is CC(C)[C@H](NC(=O)OCc1ccccc1)C(=O)N[C@H]1Cc2ccc(OCc3ccccc3)c(c2)[C@](C=O)(c2ccccc2OCc2ccccc2)c2oc(nc2C#N)[C@H](C(C)C)NC1=O. The van der Waals surface area contributed by atoms with Crippen LogP contribution < -0.4 is 25.4 Å². The molecule has 0 saturated heterocycles. The summed E-state index contributed by atoms with van der Waals surface area (Å²) in [6, 6.07) is 39.4. The Bertz CT molecular complexity index is 2640. The van der Waals surface area contributed by atoms with Gasteiger partial charge < -0.3 is 39.4 Å². The number of fused-ring (bicyclic) bond motifs is 4. The van der Waals surface area contributed by atoms with Crippen molar-refractivity contribution < 1.29 is 37.8 Å². The van der Waals surface area contributed by atoms with Crippen LogP contribution in [0.1, 0.15) is 84.5 Å². The lowest BCUT2D eigenvalue weighted by molar-refractivity contribution is -0.131. The van der Waals surface area contributed by atoms with E-state index in [1.165, 1.54) is 0 Å². The molecular formula is C52H51N5O8. The number of hydrogen-bond acceptors (Lipinski definition) is 10. The maximum Gasteiger partial charge on any atom is 0.408 e. The van der Waals surface area contributed by atoms with Gasteiger partial charge in [-0.15, -0.1) is 0 Å².